The second-order valence-electron chi connectivity index (χ2n) is 6.94. The molecular weight excluding hydrogens is 378 g/mol. The van der Waals surface area contributed by atoms with Gasteiger partial charge in [0.2, 0.25) is 5.91 Å². The number of anilines is 1. The number of hydrogen-bond donors (Lipinski definition) is 2. The lowest BCUT2D eigenvalue weighted by Crippen LogP contribution is -2.32. The standard InChI is InChI=1S/C20H27N5O2.ClH/c1-21-18(16-13-22-24(2)14-16)19(26)23-17-9-7-15(8-10-17)20(27)25-11-5-3-4-6-12-25;/h7-10,13-14,18,21H,3-6,11-12H2,1-2H3,(H,23,26);1H. The van der Waals surface area contributed by atoms with Crippen LogP contribution in [0.2, 0.25) is 0 Å². The van der Waals surface area contributed by atoms with Gasteiger partial charge in [0.15, 0.2) is 0 Å². The molecule has 1 aromatic carbocycles. The molecule has 3 rings (SSSR count). The minimum atomic E-state index is -0.489. The van der Waals surface area contributed by atoms with E-state index in [-0.39, 0.29) is 24.2 Å². The molecule has 2 N–H and O–H groups in total. The Kier molecular flexibility index (Phi) is 8.02. The van der Waals surface area contributed by atoms with E-state index in [0.717, 1.165) is 31.5 Å². The number of aromatic nitrogens is 2. The third-order valence-corrected chi connectivity index (χ3v) is 4.90. The smallest absolute Gasteiger partial charge is 0.253 e. The highest BCUT2D eigenvalue weighted by Crippen LogP contribution is 2.18. The molecule has 0 radical (unpaired) electrons. The summed E-state index contributed by atoms with van der Waals surface area (Å²) in [4.78, 5) is 27.1. The number of rotatable bonds is 5. The van der Waals surface area contributed by atoms with Crippen molar-refractivity contribution in [2.45, 2.75) is 31.7 Å². The number of benzene rings is 1. The summed E-state index contributed by atoms with van der Waals surface area (Å²) in [5.74, 6) is -0.102. The van der Waals surface area contributed by atoms with E-state index < -0.39 is 6.04 Å². The molecule has 1 aliphatic rings. The zero-order chi connectivity index (χ0) is 19.2. The lowest BCUT2D eigenvalue weighted by atomic mass is 10.1. The van der Waals surface area contributed by atoms with Crippen LogP contribution in [0.15, 0.2) is 36.7 Å². The molecule has 0 bridgehead atoms. The zero-order valence-corrected chi connectivity index (χ0v) is 17.2. The maximum absolute atomic E-state index is 12.6. The minimum absolute atomic E-state index is 0. The normalized spacial score (nSPS) is 15.3. The first-order valence-corrected chi connectivity index (χ1v) is 9.44. The summed E-state index contributed by atoms with van der Waals surface area (Å²) in [6, 6.07) is 6.62. The molecule has 152 valence electrons. The SMILES string of the molecule is CNC(C(=O)Nc1ccc(C(=O)N2CCCCCC2)cc1)c1cnn(C)c1.Cl. The van der Waals surface area contributed by atoms with Gasteiger partial charge in [-0.1, -0.05) is 12.8 Å². The number of nitrogens with one attached hydrogen (secondary N) is 2. The first kappa shape index (κ1) is 21.9. The van der Waals surface area contributed by atoms with Gasteiger partial charge in [-0.05, 0) is 44.2 Å². The Hall–Kier alpha value is -2.38. The van der Waals surface area contributed by atoms with Crippen LogP contribution >= 0.6 is 12.4 Å². The Morgan fingerprint density at radius 3 is 2.25 bits per heavy atom. The highest BCUT2D eigenvalue weighted by molar-refractivity contribution is 5.97. The third kappa shape index (κ3) is 5.33. The van der Waals surface area contributed by atoms with E-state index in [9.17, 15) is 9.59 Å². The molecule has 1 aliphatic heterocycles. The quantitative estimate of drug-likeness (QED) is 0.801. The molecule has 1 unspecified atom stereocenters. The maximum Gasteiger partial charge on any atom is 0.253 e. The van der Waals surface area contributed by atoms with Crippen LogP contribution in [0.1, 0.15) is 47.6 Å². The summed E-state index contributed by atoms with van der Waals surface area (Å²) >= 11 is 0. The number of hydrogen-bond acceptors (Lipinski definition) is 4. The van der Waals surface area contributed by atoms with Gasteiger partial charge in [0.1, 0.15) is 6.04 Å². The van der Waals surface area contributed by atoms with Gasteiger partial charge < -0.3 is 15.5 Å². The molecule has 0 spiro atoms. The topological polar surface area (TPSA) is 79.3 Å². The predicted molar refractivity (Wildman–Crippen MR) is 112 cm³/mol. The van der Waals surface area contributed by atoms with Crippen molar-refractivity contribution in [3.8, 4) is 0 Å². The second-order valence-corrected chi connectivity index (χ2v) is 6.94. The maximum atomic E-state index is 12.6. The Labute approximate surface area is 171 Å². The zero-order valence-electron chi connectivity index (χ0n) is 16.4. The van der Waals surface area contributed by atoms with Crippen molar-refractivity contribution in [1.29, 1.82) is 0 Å². The van der Waals surface area contributed by atoms with Crippen molar-refractivity contribution in [1.82, 2.24) is 20.0 Å². The summed E-state index contributed by atoms with van der Waals surface area (Å²) in [7, 11) is 3.55. The molecule has 28 heavy (non-hydrogen) atoms. The van der Waals surface area contributed by atoms with Crippen LogP contribution in [0.4, 0.5) is 5.69 Å². The number of amides is 2. The molecule has 2 aromatic rings. The van der Waals surface area contributed by atoms with Crippen LogP contribution < -0.4 is 10.6 Å². The van der Waals surface area contributed by atoms with Gasteiger partial charge in [-0.2, -0.15) is 5.10 Å². The Morgan fingerprint density at radius 2 is 1.71 bits per heavy atom. The van der Waals surface area contributed by atoms with Gasteiger partial charge in [0.25, 0.3) is 5.91 Å². The van der Waals surface area contributed by atoms with Crippen molar-refractivity contribution in [3.63, 3.8) is 0 Å². The van der Waals surface area contributed by atoms with Crippen LogP contribution in [0.3, 0.4) is 0 Å². The Morgan fingerprint density at radius 1 is 1.07 bits per heavy atom. The molecule has 1 atom stereocenters. The second kappa shape index (κ2) is 10.2. The van der Waals surface area contributed by atoms with E-state index in [1.807, 2.05) is 18.1 Å². The van der Waals surface area contributed by atoms with E-state index in [1.54, 1.807) is 42.2 Å². The van der Waals surface area contributed by atoms with Crippen molar-refractivity contribution in [3.05, 3.63) is 47.8 Å². The van der Waals surface area contributed by atoms with Gasteiger partial charge in [0, 0.05) is 43.1 Å². The van der Waals surface area contributed by atoms with Gasteiger partial charge in [-0.25, -0.2) is 0 Å². The fourth-order valence-electron chi connectivity index (χ4n) is 3.41. The van der Waals surface area contributed by atoms with Gasteiger partial charge in [-0.3, -0.25) is 14.3 Å². The number of halogens is 1. The van der Waals surface area contributed by atoms with Gasteiger partial charge >= 0.3 is 0 Å². The molecule has 0 aliphatic carbocycles. The molecule has 2 amide bonds. The summed E-state index contributed by atoms with van der Waals surface area (Å²) in [5.41, 5.74) is 2.12. The average Bonchev–Trinajstić information content (AvgIpc) is 2.93. The van der Waals surface area contributed by atoms with E-state index >= 15 is 0 Å². The molecule has 7 nitrogen and oxygen atoms in total. The molecule has 1 aromatic heterocycles. The van der Waals surface area contributed by atoms with Crippen LogP contribution in [0, 0.1) is 0 Å². The molecular formula is C20H28ClN5O2. The van der Waals surface area contributed by atoms with Crippen LogP contribution in [0.5, 0.6) is 0 Å². The van der Waals surface area contributed by atoms with E-state index in [0.29, 0.717) is 11.3 Å². The molecule has 8 heteroatoms. The monoisotopic (exact) mass is 405 g/mol. The summed E-state index contributed by atoms with van der Waals surface area (Å²) < 4.78 is 1.66. The van der Waals surface area contributed by atoms with Crippen molar-refractivity contribution < 1.29 is 9.59 Å². The third-order valence-electron chi connectivity index (χ3n) is 4.90. The van der Waals surface area contributed by atoms with Gasteiger partial charge in [0.05, 0.1) is 6.20 Å². The number of aryl methyl sites for hydroxylation is 1. The number of nitrogens with zero attached hydrogens (tertiary/aromatic N) is 3. The molecule has 1 saturated heterocycles. The summed E-state index contributed by atoms with van der Waals surface area (Å²) in [6.45, 7) is 1.65. The summed E-state index contributed by atoms with van der Waals surface area (Å²) in [6.07, 6.45) is 8.00. The first-order chi connectivity index (χ1) is 13.1. The molecule has 1 fully saturated rings. The van der Waals surface area contributed by atoms with E-state index in [2.05, 4.69) is 15.7 Å². The Balaban J connectivity index is 0.00000280. The predicted octanol–water partition coefficient (Wildman–Crippen LogP) is 2.76. The minimum Gasteiger partial charge on any atom is -0.339 e. The van der Waals surface area contributed by atoms with Gasteiger partial charge in [-0.15, -0.1) is 12.4 Å². The number of likely N-dealkylation sites (tertiary alicyclic amines) is 1. The number of likely N-dealkylation sites (N-methyl/N-ethyl adjacent to an activating group) is 1. The first-order valence-electron chi connectivity index (χ1n) is 9.44. The van der Waals surface area contributed by atoms with Crippen LogP contribution in [0.25, 0.3) is 0 Å². The van der Waals surface area contributed by atoms with Crippen LogP contribution in [-0.4, -0.2) is 46.6 Å². The highest BCUT2D eigenvalue weighted by atomic mass is 35.5. The fraction of sp³-hybridized carbons (Fsp3) is 0.450. The van der Waals surface area contributed by atoms with E-state index in [1.165, 1.54) is 12.8 Å². The van der Waals surface area contributed by atoms with Crippen LogP contribution in [-0.2, 0) is 11.8 Å². The lowest BCUT2D eigenvalue weighted by Gasteiger charge is -2.20. The fourth-order valence-corrected chi connectivity index (χ4v) is 3.41. The van der Waals surface area contributed by atoms with Crippen molar-refractivity contribution >= 4 is 29.9 Å². The molecule has 0 saturated carbocycles. The lowest BCUT2D eigenvalue weighted by molar-refractivity contribution is -0.118. The molecule has 2 heterocycles. The largest absolute Gasteiger partial charge is 0.339 e. The summed E-state index contributed by atoms with van der Waals surface area (Å²) in [5, 5.41) is 10.0. The average molecular weight is 406 g/mol. The number of carbonyl (C=O) groups excluding carboxylic acids is 2. The number of carbonyl (C=O) groups is 2. The Bertz CT molecular complexity index is 782. The highest BCUT2D eigenvalue weighted by Gasteiger charge is 2.21. The van der Waals surface area contributed by atoms with Crippen molar-refractivity contribution in [2.75, 3.05) is 25.5 Å². The van der Waals surface area contributed by atoms with E-state index in [4.69, 9.17) is 0 Å². The van der Waals surface area contributed by atoms with Crippen molar-refractivity contribution in [2.24, 2.45) is 7.05 Å².